The molecular formula is C15H23N3O3. The van der Waals surface area contributed by atoms with Crippen LogP contribution in [-0.4, -0.2) is 53.3 Å². The van der Waals surface area contributed by atoms with Crippen LogP contribution >= 0.6 is 0 Å². The van der Waals surface area contributed by atoms with Gasteiger partial charge in [-0.15, -0.1) is 0 Å². The fourth-order valence-electron chi connectivity index (χ4n) is 2.65. The average Bonchev–Trinajstić information content (AvgIpc) is 2.47. The van der Waals surface area contributed by atoms with Crippen LogP contribution < -0.4 is 10.9 Å². The Kier molecular flexibility index (Phi) is 5.52. The molecule has 21 heavy (non-hydrogen) atoms. The molecule has 0 bridgehead atoms. The molecule has 2 heterocycles. The molecule has 1 saturated heterocycles. The van der Waals surface area contributed by atoms with Crippen molar-refractivity contribution in [1.82, 2.24) is 14.8 Å². The van der Waals surface area contributed by atoms with Crippen LogP contribution in [-0.2, 0) is 11.3 Å². The van der Waals surface area contributed by atoms with Gasteiger partial charge in [-0.1, -0.05) is 6.07 Å². The van der Waals surface area contributed by atoms with Crippen LogP contribution in [0.1, 0.15) is 12.8 Å². The third kappa shape index (κ3) is 4.68. The minimum absolute atomic E-state index is 0.00426. The molecule has 0 spiro atoms. The van der Waals surface area contributed by atoms with Crippen molar-refractivity contribution in [3.63, 3.8) is 0 Å². The molecule has 0 saturated carbocycles. The van der Waals surface area contributed by atoms with Gasteiger partial charge in [-0.25, -0.2) is 0 Å². The van der Waals surface area contributed by atoms with Crippen LogP contribution in [0.3, 0.4) is 0 Å². The van der Waals surface area contributed by atoms with Crippen molar-refractivity contribution in [3.8, 4) is 0 Å². The molecule has 1 aromatic rings. The first-order valence-corrected chi connectivity index (χ1v) is 7.36. The van der Waals surface area contributed by atoms with E-state index in [1.807, 2.05) is 7.05 Å². The van der Waals surface area contributed by atoms with Crippen LogP contribution in [0.2, 0.25) is 0 Å². The van der Waals surface area contributed by atoms with Gasteiger partial charge < -0.3 is 19.9 Å². The van der Waals surface area contributed by atoms with E-state index in [1.165, 1.54) is 10.6 Å². The van der Waals surface area contributed by atoms with Crippen molar-refractivity contribution in [3.05, 3.63) is 34.7 Å². The number of carbonyl (C=O) groups is 1. The molecule has 0 aromatic carbocycles. The predicted octanol–water partition coefficient (Wildman–Crippen LogP) is -0.333. The summed E-state index contributed by atoms with van der Waals surface area (Å²) in [6.07, 6.45) is 2.78. The molecule has 0 radical (unpaired) electrons. The van der Waals surface area contributed by atoms with Gasteiger partial charge in [0, 0.05) is 25.4 Å². The zero-order chi connectivity index (χ0) is 15.2. The Morgan fingerprint density at radius 2 is 2.33 bits per heavy atom. The first kappa shape index (κ1) is 15.7. The highest BCUT2D eigenvalue weighted by Crippen LogP contribution is 2.14. The number of rotatable bonds is 5. The Morgan fingerprint density at radius 1 is 1.52 bits per heavy atom. The molecule has 1 aromatic heterocycles. The number of carbonyl (C=O) groups excluding carboxylic acids is 1. The van der Waals surface area contributed by atoms with Crippen LogP contribution in [0.15, 0.2) is 29.2 Å². The highest BCUT2D eigenvalue weighted by Gasteiger charge is 2.24. The van der Waals surface area contributed by atoms with E-state index in [0.717, 1.165) is 25.9 Å². The van der Waals surface area contributed by atoms with Gasteiger partial charge in [0.25, 0.3) is 5.56 Å². The summed E-state index contributed by atoms with van der Waals surface area (Å²) in [5.41, 5.74) is -0.156. The second-order valence-corrected chi connectivity index (χ2v) is 5.69. The lowest BCUT2D eigenvalue weighted by Gasteiger charge is -2.29. The highest BCUT2D eigenvalue weighted by molar-refractivity contribution is 5.78. The van der Waals surface area contributed by atoms with Gasteiger partial charge in [0.1, 0.15) is 0 Å². The number of piperidine rings is 1. The maximum atomic E-state index is 12.1. The van der Waals surface area contributed by atoms with Crippen molar-refractivity contribution in [2.75, 3.05) is 26.7 Å². The van der Waals surface area contributed by atoms with Crippen LogP contribution in [0, 0.1) is 5.92 Å². The Bertz CT molecular complexity index is 529. The molecule has 116 valence electrons. The first-order chi connectivity index (χ1) is 10.1. The topological polar surface area (TPSA) is 74.6 Å². The number of aromatic nitrogens is 1. The number of pyridine rings is 1. The minimum Gasteiger partial charge on any atom is -0.389 e. The number of nitrogens with zero attached hydrogens (tertiary/aromatic N) is 2. The summed E-state index contributed by atoms with van der Waals surface area (Å²) in [6.45, 7) is 2.15. The summed E-state index contributed by atoms with van der Waals surface area (Å²) in [7, 11) is 2.01. The van der Waals surface area contributed by atoms with E-state index in [0.29, 0.717) is 0 Å². The van der Waals surface area contributed by atoms with E-state index in [9.17, 15) is 14.7 Å². The Balaban J connectivity index is 1.78. The summed E-state index contributed by atoms with van der Waals surface area (Å²) in [6, 6.07) is 4.85. The standard InChI is InChI=1S/C15H23N3O3/c1-17-7-4-5-12(10-17)15(21)16-9-13(19)11-18-8-3-2-6-14(18)20/h2-3,6,8,12-13,19H,4-5,7,9-11H2,1H3,(H,16,21). The maximum Gasteiger partial charge on any atom is 0.250 e. The van der Waals surface area contributed by atoms with E-state index < -0.39 is 6.10 Å². The van der Waals surface area contributed by atoms with Gasteiger partial charge >= 0.3 is 0 Å². The van der Waals surface area contributed by atoms with Crippen molar-refractivity contribution < 1.29 is 9.90 Å². The van der Waals surface area contributed by atoms with E-state index in [1.54, 1.807) is 18.3 Å². The normalized spacial score (nSPS) is 21.0. The summed E-state index contributed by atoms with van der Waals surface area (Å²) in [5, 5.41) is 12.7. The first-order valence-electron chi connectivity index (χ1n) is 7.36. The van der Waals surface area contributed by atoms with E-state index in [-0.39, 0.29) is 30.5 Å². The Labute approximate surface area is 124 Å². The van der Waals surface area contributed by atoms with Gasteiger partial charge in [0.05, 0.1) is 18.6 Å². The number of hydrogen-bond donors (Lipinski definition) is 2. The Morgan fingerprint density at radius 3 is 3.05 bits per heavy atom. The molecular weight excluding hydrogens is 270 g/mol. The molecule has 1 amide bonds. The molecule has 2 rings (SSSR count). The minimum atomic E-state index is -0.768. The van der Waals surface area contributed by atoms with Crippen molar-refractivity contribution in [2.24, 2.45) is 5.92 Å². The van der Waals surface area contributed by atoms with Gasteiger partial charge in [0.2, 0.25) is 5.91 Å². The molecule has 2 N–H and O–H groups in total. The third-order valence-corrected chi connectivity index (χ3v) is 3.81. The van der Waals surface area contributed by atoms with Crippen LogP contribution in [0.5, 0.6) is 0 Å². The predicted molar refractivity (Wildman–Crippen MR) is 79.9 cm³/mol. The fraction of sp³-hybridized carbons (Fsp3) is 0.600. The van der Waals surface area contributed by atoms with Crippen molar-refractivity contribution >= 4 is 5.91 Å². The zero-order valence-electron chi connectivity index (χ0n) is 12.4. The highest BCUT2D eigenvalue weighted by atomic mass is 16.3. The monoisotopic (exact) mass is 293 g/mol. The van der Waals surface area contributed by atoms with E-state index in [2.05, 4.69) is 10.2 Å². The molecule has 1 fully saturated rings. The zero-order valence-corrected chi connectivity index (χ0v) is 12.4. The lowest BCUT2D eigenvalue weighted by molar-refractivity contribution is -0.127. The SMILES string of the molecule is CN1CCCC(C(=O)NCC(O)Cn2ccccc2=O)C1. The summed E-state index contributed by atoms with van der Waals surface area (Å²) < 4.78 is 1.44. The largest absolute Gasteiger partial charge is 0.389 e. The maximum absolute atomic E-state index is 12.1. The second-order valence-electron chi connectivity index (χ2n) is 5.69. The fourth-order valence-corrected chi connectivity index (χ4v) is 2.65. The van der Waals surface area contributed by atoms with E-state index >= 15 is 0 Å². The molecule has 0 aliphatic carbocycles. The van der Waals surface area contributed by atoms with Gasteiger partial charge in [-0.2, -0.15) is 0 Å². The number of nitrogens with one attached hydrogen (secondary N) is 1. The molecule has 2 unspecified atom stereocenters. The average molecular weight is 293 g/mol. The number of aliphatic hydroxyl groups excluding tert-OH is 1. The van der Waals surface area contributed by atoms with Crippen LogP contribution in [0.25, 0.3) is 0 Å². The summed E-state index contributed by atoms with van der Waals surface area (Å²) in [4.78, 5) is 25.7. The molecule has 6 nitrogen and oxygen atoms in total. The Hall–Kier alpha value is -1.66. The number of likely N-dealkylation sites (tertiary alicyclic amines) is 1. The summed E-state index contributed by atoms with van der Waals surface area (Å²) >= 11 is 0. The van der Waals surface area contributed by atoms with Gasteiger partial charge in [-0.3, -0.25) is 9.59 Å². The number of aliphatic hydroxyl groups is 1. The summed E-state index contributed by atoms with van der Waals surface area (Å²) in [5.74, 6) is -0.0172. The second kappa shape index (κ2) is 7.38. The molecule has 1 aliphatic heterocycles. The quantitative estimate of drug-likeness (QED) is 0.779. The molecule has 6 heteroatoms. The van der Waals surface area contributed by atoms with E-state index in [4.69, 9.17) is 0 Å². The smallest absolute Gasteiger partial charge is 0.250 e. The van der Waals surface area contributed by atoms with Crippen molar-refractivity contribution in [2.45, 2.75) is 25.5 Å². The lowest BCUT2D eigenvalue weighted by Crippen LogP contribution is -2.44. The molecule has 1 aliphatic rings. The molecule has 2 atom stereocenters. The third-order valence-electron chi connectivity index (χ3n) is 3.81. The van der Waals surface area contributed by atoms with Crippen molar-refractivity contribution in [1.29, 1.82) is 0 Å². The van der Waals surface area contributed by atoms with Gasteiger partial charge in [-0.05, 0) is 32.5 Å². The van der Waals surface area contributed by atoms with Crippen LogP contribution in [0.4, 0.5) is 0 Å². The van der Waals surface area contributed by atoms with Gasteiger partial charge in [0.15, 0.2) is 0 Å². The lowest BCUT2D eigenvalue weighted by atomic mass is 9.97. The number of hydrogen-bond acceptors (Lipinski definition) is 4. The number of amides is 1.